The Morgan fingerprint density at radius 1 is 1.15 bits per heavy atom. The molecule has 5 nitrogen and oxygen atoms in total. The van der Waals surface area contributed by atoms with Crippen LogP contribution in [0.1, 0.15) is 40.2 Å². The summed E-state index contributed by atoms with van der Waals surface area (Å²) in [5.74, 6) is 0.760. The Morgan fingerprint density at radius 3 is 2.56 bits per heavy atom. The van der Waals surface area contributed by atoms with Crippen molar-refractivity contribution in [2.75, 3.05) is 13.1 Å². The van der Waals surface area contributed by atoms with Gasteiger partial charge in [0, 0.05) is 25.8 Å². The van der Waals surface area contributed by atoms with Gasteiger partial charge in [-0.25, -0.2) is 4.98 Å². The number of hydrogen-bond donors (Lipinski definition) is 0. The molecule has 1 saturated heterocycles. The number of amides is 1. The monoisotopic (exact) mass is 362 g/mol. The van der Waals surface area contributed by atoms with E-state index in [1.165, 1.54) is 5.56 Å². The molecular formula is C22H26N4O. The lowest BCUT2D eigenvalue weighted by molar-refractivity contribution is 0.0692. The summed E-state index contributed by atoms with van der Waals surface area (Å²) in [6, 6.07) is 12.6. The van der Waals surface area contributed by atoms with E-state index in [-0.39, 0.29) is 5.91 Å². The van der Waals surface area contributed by atoms with Gasteiger partial charge < -0.3 is 4.90 Å². The summed E-state index contributed by atoms with van der Waals surface area (Å²) in [5, 5.41) is 5.35. The average Bonchev–Trinajstić information content (AvgIpc) is 2.96. The van der Waals surface area contributed by atoms with E-state index in [1.54, 1.807) is 4.68 Å². The molecule has 0 spiro atoms. The van der Waals surface area contributed by atoms with Gasteiger partial charge >= 0.3 is 0 Å². The highest BCUT2D eigenvalue weighted by Crippen LogP contribution is 2.26. The zero-order valence-corrected chi connectivity index (χ0v) is 16.3. The van der Waals surface area contributed by atoms with Crippen molar-refractivity contribution in [3.05, 3.63) is 58.9 Å². The normalized spacial score (nSPS) is 15.4. The largest absolute Gasteiger partial charge is 0.339 e. The molecule has 0 N–H and O–H groups in total. The van der Waals surface area contributed by atoms with Gasteiger partial charge in [0.2, 0.25) is 0 Å². The van der Waals surface area contributed by atoms with Crippen molar-refractivity contribution in [1.29, 1.82) is 0 Å². The number of likely N-dealkylation sites (tertiary alicyclic amines) is 1. The molecule has 2 aromatic heterocycles. The molecule has 0 saturated carbocycles. The third kappa shape index (κ3) is 3.46. The molecule has 0 atom stereocenters. The maximum Gasteiger partial charge on any atom is 0.254 e. The van der Waals surface area contributed by atoms with Crippen LogP contribution in [0, 0.1) is 19.8 Å². The van der Waals surface area contributed by atoms with Crippen LogP contribution < -0.4 is 0 Å². The topological polar surface area (TPSA) is 51.0 Å². The smallest absolute Gasteiger partial charge is 0.254 e. The van der Waals surface area contributed by atoms with Gasteiger partial charge in [-0.1, -0.05) is 30.3 Å². The molecule has 4 rings (SSSR count). The summed E-state index contributed by atoms with van der Waals surface area (Å²) in [7, 11) is 1.88. The van der Waals surface area contributed by atoms with Crippen molar-refractivity contribution in [2.24, 2.45) is 13.0 Å². The molecule has 27 heavy (non-hydrogen) atoms. The van der Waals surface area contributed by atoms with E-state index >= 15 is 0 Å². The second-order valence-corrected chi connectivity index (χ2v) is 7.64. The van der Waals surface area contributed by atoms with Crippen molar-refractivity contribution in [3.63, 3.8) is 0 Å². The third-order valence-electron chi connectivity index (χ3n) is 5.60. The summed E-state index contributed by atoms with van der Waals surface area (Å²) in [5.41, 5.74) is 4.63. The molecule has 1 aromatic carbocycles. The third-order valence-corrected chi connectivity index (χ3v) is 5.60. The van der Waals surface area contributed by atoms with Gasteiger partial charge in [-0.2, -0.15) is 5.10 Å². The number of carbonyl (C=O) groups is 1. The van der Waals surface area contributed by atoms with Crippen LogP contribution in [0.5, 0.6) is 0 Å². The number of carbonyl (C=O) groups excluding carboxylic acids is 1. The van der Waals surface area contributed by atoms with E-state index in [9.17, 15) is 4.79 Å². The van der Waals surface area contributed by atoms with E-state index in [2.05, 4.69) is 40.4 Å². The Labute approximate surface area is 160 Å². The molecule has 0 bridgehead atoms. The standard InChI is InChI=1S/C22H26N4O/c1-15-13-19(20-16(2)24-25(3)21(20)23-15)22(27)26-11-9-18(10-12-26)14-17-7-5-4-6-8-17/h4-8,13,18H,9-12,14H2,1-3H3. The molecule has 0 aliphatic carbocycles. The Kier molecular flexibility index (Phi) is 4.68. The highest BCUT2D eigenvalue weighted by molar-refractivity contribution is 6.06. The van der Waals surface area contributed by atoms with E-state index in [0.29, 0.717) is 5.92 Å². The lowest BCUT2D eigenvalue weighted by atomic mass is 9.90. The maximum absolute atomic E-state index is 13.3. The van der Waals surface area contributed by atoms with Gasteiger partial charge in [0.1, 0.15) is 0 Å². The van der Waals surface area contributed by atoms with Crippen molar-refractivity contribution in [1.82, 2.24) is 19.7 Å². The number of benzene rings is 1. The maximum atomic E-state index is 13.3. The Morgan fingerprint density at radius 2 is 1.85 bits per heavy atom. The molecular weight excluding hydrogens is 336 g/mol. The van der Waals surface area contributed by atoms with Crippen LogP contribution in [0.2, 0.25) is 0 Å². The van der Waals surface area contributed by atoms with Crippen LogP contribution in [0.15, 0.2) is 36.4 Å². The molecule has 0 radical (unpaired) electrons. The molecule has 1 fully saturated rings. The average molecular weight is 362 g/mol. The van der Waals surface area contributed by atoms with E-state index in [4.69, 9.17) is 0 Å². The molecule has 1 amide bonds. The molecule has 1 aliphatic heterocycles. The minimum atomic E-state index is 0.111. The Bertz CT molecular complexity index is 969. The zero-order chi connectivity index (χ0) is 19.0. The Hall–Kier alpha value is -2.69. The molecule has 3 aromatic rings. The number of fused-ring (bicyclic) bond motifs is 1. The Balaban J connectivity index is 1.51. The van der Waals surface area contributed by atoms with Crippen LogP contribution in [0.3, 0.4) is 0 Å². The fourth-order valence-corrected chi connectivity index (χ4v) is 4.20. The van der Waals surface area contributed by atoms with Gasteiger partial charge in [-0.3, -0.25) is 9.48 Å². The first kappa shape index (κ1) is 17.7. The van der Waals surface area contributed by atoms with Crippen LogP contribution in [-0.2, 0) is 13.5 Å². The number of piperidine rings is 1. The number of rotatable bonds is 3. The van der Waals surface area contributed by atoms with E-state index < -0.39 is 0 Å². The number of aromatic nitrogens is 3. The SMILES string of the molecule is Cc1cc(C(=O)N2CCC(Cc3ccccc3)CC2)c2c(C)nn(C)c2n1. The van der Waals surface area contributed by atoms with E-state index in [1.807, 2.05) is 31.9 Å². The fourth-order valence-electron chi connectivity index (χ4n) is 4.20. The lowest BCUT2D eigenvalue weighted by Crippen LogP contribution is -2.39. The summed E-state index contributed by atoms with van der Waals surface area (Å²) < 4.78 is 1.76. The van der Waals surface area contributed by atoms with Gasteiger partial charge in [-0.05, 0) is 50.7 Å². The van der Waals surface area contributed by atoms with Gasteiger partial charge in [0.05, 0.1) is 16.6 Å². The highest BCUT2D eigenvalue weighted by atomic mass is 16.2. The molecule has 140 valence electrons. The predicted octanol–water partition coefficient (Wildman–Crippen LogP) is 3.68. The quantitative estimate of drug-likeness (QED) is 0.714. The molecule has 0 unspecified atom stereocenters. The number of nitrogens with zero attached hydrogens (tertiary/aromatic N) is 4. The van der Waals surface area contributed by atoms with Crippen molar-refractivity contribution >= 4 is 16.9 Å². The van der Waals surface area contributed by atoms with Crippen molar-refractivity contribution in [3.8, 4) is 0 Å². The summed E-state index contributed by atoms with van der Waals surface area (Å²) in [4.78, 5) is 19.8. The zero-order valence-electron chi connectivity index (χ0n) is 16.3. The summed E-state index contributed by atoms with van der Waals surface area (Å²) in [6.45, 7) is 5.52. The first-order chi connectivity index (χ1) is 13.0. The van der Waals surface area contributed by atoms with Crippen LogP contribution in [-0.4, -0.2) is 38.7 Å². The molecule has 3 heterocycles. The predicted molar refractivity (Wildman–Crippen MR) is 107 cm³/mol. The van der Waals surface area contributed by atoms with Gasteiger partial charge in [0.15, 0.2) is 5.65 Å². The van der Waals surface area contributed by atoms with Gasteiger partial charge in [-0.15, -0.1) is 0 Å². The second-order valence-electron chi connectivity index (χ2n) is 7.64. The molecule has 5 heteroatoms. The second kappa shape index (κ2) is 7.14. The summed E-state index contributed by atoms with van der Waals surface area (Å²) in [6.07, 6.45) is 3.21. The van der Waals surface area contributed by atoms with E-state index in [0.717, 1.165) is 60.3 Å². The first-order valence-electron chi connectivity index (χ1n) is 9.67. The minimum absolute atomic E-state index is 0.111. The van der Waals surface area contributed by atoms with Crippen LogP contribution in [0.4, 0.5) is 0 Å². The number of hydrogen-bond acceptors (Lipinski definition) is 3. The fraction of sp³-hybridized carbons (Fsp3) is 0.409. The molecule has 1 aliphatic rings. The van der Waals surface area contributed by atoms with Crippen molar-refractivity contribution < 1.29 is 4.79 Å². The van der Waals surface area contributed by atoms with Crippen molar-refractivity contribution in [2.45, 2.75) is 33.1 Å². The number of pyridine rings is 1. The summed E-state index contributed by atoms with van der Waals surface area (Å²) >= 11 is 0. The van der Waals surface area contributed by atoms with Crippen LogP contribution >= 0.6 is 0 Å². The van der Waals surface area contributed by atoms with Gasteiger partial charge in [0.25, 0.3) is 5.91 Å². The first-order valence-corrected chi connectivity index (χ1v) is 9.67. The lowest BCUT2D eigenvalue weighted by Gasteiger charge is -2.32. The highest BCUT2D eigenvalue weighted by Gasteiger charge is 2.26. The van der Waals surface area contributed by atoms with Crippen LogP contribution in [0.25, 0.3) is 11.0 Å². The number of aryl methyl sites for hydroxylation is 3. The minimum Gasteiger partial charge on any atom is -0.339 e.